The number of esters is 1. The van der Waals surface area contributed by atoms with Crippen molar-refractivity contribution < 1.29 is 43.6 Å². The van der Waals surface area contributed by atoms with Crippen molar-refractivity contribution in [1.29, 1.82) is 0 Å². The summed E-state index contributed by atoms with van der Waals surface area (Å²) in [5.41, 5.74) is 0.874. The van der Waals surface area contributed by atoms with Crippen LogP contribution in [0.1, 0.15) is 37.8 Å². The standard InChI is InChI=1S/C32H35N5O11S/c1-17-27-26(18(2)38)30(40)35(27)28(31(41)47-15-19-4-8-21(9-5-19)36(43)44)29(17)49-24-12-23(13-25(39)33-3)34(14-24)32(42)48-16-20-6-10-22(11-7-20)37(45)46/h4-11,17-18,23-24,26-27,38H,12-16H2,1-3H3,(H,33,39)/t17-,18?,23+,24+,26-,27-/m1/s1. The van der Waals surface area contributed by atoms with Crippen molar-refractivity contribution in [2.24, 2.45) is 11.8 Å². The smallest absolute Gasteiger partial charge is 0.410 e. The van der Waals surface area contributed by atoms with Crippen molar-refractivity contribution in [3.63, 3.8) is 0 Å². The second-order valence-corrected chi connectivity index (χ2v) is 13.4. The molecule has 16 nitrogen and oxygen atoms in total. The maximum Gasteiger partial charge on any atom is 0.410 e. The Hall–Kier alpha value is -5.03. The van der Waals surface area contributed by atoms with Gasteiger partial charge in [0, 0.05) is 66.4 Å². The van der Waals surface area contributed by atoms with E-state index in [9.17, 15) is 44.5 Å². The third kappa shape index (κ3) is 7.36. The second-order valence-electron chi connectivity index (χ2n) is 12.1. The van der Waals surface area contributed by atoms with Gasteiger partial charge in [-0.2, -0.15) is 0 Å². The predicted molar refractivity (Wildman–Crippen MR) is 173 cm³/mol. The molecule has 0 saturated carbocycles. The maximum atomic E-state index is 13.6. The van der Waals surface area contributed by atoms with E-state index in [2.05, 4.69) is 5.32 Å². The minimum absolute atomic E-state index is 0.00370. The van der Waals surface area contributed by atoms with Crippen LogP contribution in [0.5, 0.6) is 0 Å². The molecule has 2 fully saturated rings. The summed E-state index contributed by atoms with van der Waals surface area (Å²) in [6.07, 6.45) is -1.28. The first kappa shape index (κ1) is 35.3. The molecule has 2 N–H and O–H groups in total. The highest BCUT2D eigenvalue weighted by molar-refractivity contribution is 8.03. The van der Waals surface area contributed by atoms with E-state index in [-0.39, 0.29) is 60.3 Å². The monoisotopic (exact) mass is 697 g/mol. The number of fused-ring (bicyclic) bond motifs is 1. The molecule has 0 spiro atoms. The second kappa shape index (κ2) is 14.6. The SMILES string of the molecule is CNC(=O)C[C@@H]1C[C@H](SC2=C(C(=O)OCc3ccc([N+](=O)[O-])cc3)N3C(=O)[C@H](C(C)O)[C@H]3[C@H]2C)CN1C(=O)OCc1ccc([N+](=O)[O-])cc1. The van der Waals surface area contributed by atoms with Gasteiger partial charge in [0.05, 0.1) is 27.9 Å². The topological polar surface area (TPSA) is 212 Å². The van der Waals surface area contributed by atoms with Crippen molar-refractivity contribution in [3.8, 4) is 0 Å². The molecular formula is C32H35N5O11S. The number of nitro groups is 2. The number of nitro benzene ring substituents is 2. The van der Waals surface area contributed by atoms with Crippen LogP contribution >= 0.6 is 11.8 Å². The number of carbonyl (C=O) groups excluding carboxylic acids is 4. The maximum absolute atomic E-state index is 13.6. The number of hydrogen-bond acceptors (Lipinski definition) is 12. The zero-order valence-corrected chi connectivity index (χ0v) is 27.7. The number of nitrogens with zero attached hydrogens (tertiary/aromatic N) is 4. The van der Waals surface area contributed by atoms with Crippen molar-refractivity contribution >= 4 is 47.0 Å². The molecule has 260 valence electrons. The van der Waals surface area contributed by atoms with Gasteiger partial charge in [-0.15, -0.1) is 11.8 Å². The van der Waals surface area contributed by atoms with Crippen LogP contribution < -0.4 is 5.32 Å². The first-order valence-electron chi connectivity index (χ1n) is 15.5. The summed E-state index contributed by atoms with van der Waals surface area (Å²) >= 11 is 1.31. The average Bonchev–Trinajstić information content (AvgIpc) is 3.58. The Bertz CT molecular complexity index is 1680. The van der Waals surface area contributed by atoms with Gasteiger partial charge in [-0.1, -0.05) is 6.92 Å². The summed E-state index contributed by atoms with van der Waals surface area (Å²) < 4.78 is 11.1. The first-order valence-corrected chi connectivity index (χ1v) is 16.4. The van der Waals surface area contributed by atoms with E-state index >= 15 is 0 Å². The number of nitrogens with one attached hydrogen (secondary N) is 1. The largest absolute Gasteiger partial charge is 0.456 e. The Morgan fingerprint density at radius 3 is 2.06 bits per heavy atom. The lowest BCUT2D eigenvalue weighted by molar-refractivity contribution is -0.385. The van der Waals surface area contributed by atoms with Crippen molar-refractivity contribution in [3.05, 3.63) is 90.5 Å². The number of β-lactam (4-membered cyclic amide) rings is 1. The third-order valence-corrected chi connectivity index (χ3v) is 10.4. The van der Waals surface area contributed by atoms with Crippen LogP contribution in [0, 0.1) is 32.1 Å². The molecule has 3 aliphatic heterocycles. The van der Waals surface area contributed by atoms with E-state index < -0.39 is 51.9 Å². The van der Waals surface area contributed by atoms with Crippen molar-refractivity contribution in [2.45, 2.75) is 63.3 Å². The molecule has 17 heteroatoms. The molecule has 3 aliphatic rings. The number of carbonyl (C=O) groups is 4. The summed E-state index contributed by atoms with van der Waals surface area (Å²) in [5.74, 6) is -2.55. The molecule has 3 amide bonds. The van der Waals surface area contributed by atoms with E-state index in [1.165, 1.54) is 84.1 Å². The number of non-ortho nitro benzene ring substituents is 2. The molecule has 49 heavy (non-hydrogen) atoms. The van der Waals surface area contributed by atoms with Crippen LogP contribution in [0.25, 0.3) is 0 Å². The van der Waals surface area contributed by atoms with Gasteiger partial charge < -0.3 is 29.7 Å². The molecule has 2 aromatic carbocycles. The highest BCUT2D eigenvalue weighted by Gasteiger charge is 2.60. The molecule has 0 radical (unpaired) electrons. The number of amides is 3. The number of thioether (sulfide) groups is 1. The average molecular weight is 698 g/mol. The third-order valence-electron chi connectivity index (χ3n) is 8.93. The van der Waals surface area contributed by atoms with Crippen LogP contribution in [0.2, 0.25) is 0 Å². The highest BCUT2D eigenvalue weighted by Crippen LogP contribution is 2.52. The van der Waals surface area contributed by atoms with Crippen molar-refractivity contribution in [1.82, 2.24) is 15.1 Å². The fourth-order valence-electron chi connectivity index (χ4n) is 6.41. The van der Waals surface area contributed by atoms with Gasteiger partial charge in [0.1, 0.15) is 18.9 Å². The van der Waals surface area contributed by atoms with Gasteiger partial charge in [0.15, 0.2) is 0 Å². The normalized spacial score (nSPS) is 23.4. The van der Waals surface area contributed by atoms with Crippen LogP contribution in [0.4, 0.5) is 16.2 Å². The lowest BCUT2D eigenvalue weighted by Gasteiger charge is -2.46. The van der Waals surface area contributed by atoms with E-state index in [4.69, 9.17) is 9.47 Å². The minimum atomic E-state index is -0.956. The van der Waals surface area contributed by atoms with Crippen LogP contribution in [-0.4, -0.2) is 85.7 Å². The molecule has 5 rings (SSSR count). The Morgan fingerprint density at radius 2 is 1.55 bits per heavy atom. The number of ether oxygens (including phenoxy) is 2. The first-order chi connectivity index (χ1) is 23.3. The van der Waals surface area contributed by atoms with Crippen LogP contribution in [-0.2, 0) is 37.1 Å². The number of rotatable bonds is 12. The fraction of sp³-hybridized carbons (Fsp3) is 0.438. The summed E-state index contributed by atoms with van der Waals surface area (Å²) in [4.78, 5) is 76.7. The highest BCUT2D eigenvalue weighted by atomic mass is 32.2. The molecule has 0 aromatic heterocycles. The number of benzene rings is 2. The van der Waals surface area contributed by atoms with Gasteiger partial charge in [0.2, 0.25) is 11.8 Å². The Morgan fingerprint density at radius 1 is 1.00 bits per heavy atom. The minimum Gasteiger partial charge on any atom is -0.456 e. The summed E-state index contributed by atoms with van der Waals surface area (Å²) in [7, 11) is 1.49. The molecule has 0 bridgehead atoms. The molecule has 2 saturated heterocycles. The number of likely N-dealkylation sites (tertiary alicyclic amines) is 1. The van der Waals surface area contributed by atoms with Crippen molar-refractivity contribution in [2.75, 3.05) is 13.6 Å². The summed E-state index contributed by atoms with van der Waals surface area (Å²) in [6.45, 7) is 3.18. The van der Waals surface area contributed by atoms with Crippen LogP contribution in [0.15, 0.2) is 59.1 Å². The lowest BCUT2D eigenvalue weighted by Crippen LogP contribution is -2.63. The molecular weight excluding hydrogens is 662 g/mol. The van der Waals surface area contributed by atoms with E-state index in [1.54, 1.807) is 0 Å². The lowest BCUT2D eigenvalue weighted by atomic mass is 9.79. The number of aliphatic hydroxyl groups excluding tert-OH is 1. The molecule has 3 heterocycles. The molecule has 0 aliphatic carbocycles. The number of hydrogen-bond donors (Lipinski definition) is 2. The zero-order valence-electron chi connectivity index (χ0n) is 26.8. The Labute approximate surface area is 284 Å². The van der Waals surface area contributed by atoms with E-state index in [0.717, 1.165) is 0 Å². The zero-order chi connectivity index (χ0) is 35.6. The van der Waals surface area contributed by atoms with Gasteiger partial charge in [-0.3, -0.25) is 29.8 Å². The van der Waals surface area contributed by atoms with Gasteiger partial charge in [-0.25, -0.2) is 9.59 Å². The summed E-state index contributed by atoms with van der Waals surface area (Å²) in [5, 5.41) is 34.6. The van der Waals surface area contributed by atoms with Gasteiger partial charge >= 0.3 is 12.1 Å². The van der Waals surface area contributed by atoms with E-state index in [0.29, 0.717) is 22.5 Å². The fourth-order valence-corrected chi connectivity index (χ4v) is 7.97. The molecule has 1 unspecified atom stereocenters. The summed E-state index contributed by atoms with van der Waals surface area (Å²) in [6, 6.07) is 10.1. The molecule has 6 atom stereocenters. The van der Waals surface area contributed by atoms with Gasteiger partial charge in [0.25, 0.3) is 11.4 Å². The number of aliphatic hydroxyl groups is 1. The quantitative estimate of drug-likeness (QED) is 0.142. The predicted octanol–water partition coefficient (Wildman–Crippen LogP) is 3.26. The molecule has 2 aromatic rings. The van der Waals surface area contributed by atoms with E-state index in [1.807, 2.05) is 6.92 Å². The Balaban J connectivity index is 1.34. The van der Waals surface area contributed by atoms with Gasteiger partial charge in [-0.05, 0) is 48.7 Å². The van der Waals surface area contributed by atoms with Crippen LogP contribution in [0.3, 0.4) is 0 Å². The Kier molecular flexibility index (Phi) is 10.5.